The maximum Gasteiger partial charge on any atom is 0.258 e. The normalized spacial score (nSPS) is 11.5. The molecule has 6 nitrogen and oxygen atoms in total. The fraction of sp³-hybridized carbons (Fsp3) is 0.320. The molecule has 0 unspecified atom stereocenters. The van der Waals surface area contributed by atoms with Crippen molar-refractivity contribution in [3.05, 3.63) is 81.4 Å². The van der Waals surface area contributed by atoms with Gasteiger partial charge in [0.1, 0.15) is 5.82 Å². The van der Waals surface area contributed by atoms with Crippen LogP contribution in [0.1, 0.15) is 50.9 Å². The van der Waals surface area contributed by atoms with Crippen molar-refractivity contribution in [1.29, 1.82) is 0 Å². The monoisotopic (exact) mass is 435 g/mol. The van der Waals surface area contributed by atoms with Crippen molar-refractivity contribution >= 4 is 17.6 Å². The molecule has 2 aromatic carbocycles. The fourth-order valence-corrected chi connectivity index (χ4v) is 3.64. The van der Waals surface area contributed by atoms with Gasteiger partial charge in [0.2, 0.25) is 5.96 Å². The van der Waals surface area contributed by atoms with E-state index in [1.165, 1.54) is 6.07 Å². The summed E-state index contributed by atoms with van der Waals surface area (Å²) in [6.07, 6.45) is 0. The number of rotatable bonds is 5. The van der Waals surface area contributed by atoms with Gasteiger partial charge >= 0.3 is 0 Å². The number of aliphatic imine (C=N–C) groups is 1. The lowest BCUT2D eigenvalue weighted by Crippen LogP contribution is -2.36. The van der Waals surface area contributed by atoms with Crippen LogP contribution in [-0.2, 0) is 13.1 Å². The first-order valence-electron chi connectivity index (χ1n) is 10.7. The Morgan fingerprint density at radius 3 is 2.34 bits per heavy atom. The van der Waals surface area contributed by atoms with Gasteiger partial charge in [0.05, 0.1) is 12.2 Å². The molecule has 2 N–H and O–H groups in total. The van der Waals surface area contributed by atoms with Gasteiger partial charge in [0, 0.05) is 29.1 Å². The molecule has 0 bridgehead atoms. The number of nitrogens with one attached hydrogen (secondary N) is 2. The van der Waals surface area contributed by atoms with E-state index in [2.05, 4.69) is 26.8 Å². The second-order valence-corrected chi connectivity index (χ2v) is 8.05. The summed E-state index contributed by atoms with van der Waals surface area (Å²) in [7, 11) is 0. The highest BCUT2D eigenvalue weighted by Gasteiger charge is 2.14. The van der Waals surface area contributed by atoms with Gasteiger partial charge in [-0.05, 0) is 82.5 Å². The highest BCUT2D eigenvalue weighted by atomic mass is 19.1. The van der Waals surface area contributed by atoms with Crippen LogP contribution >= 0.6 is 0 Å². The average Bonchev–Trinajstić information content (AvgIpc) is 3.00. The summed E-state index contributed by atoms with van der Waals surface area (Å²) in [6.45, 7) is 12.8. The first-order valence-corrected chi connectivity index (χ1v) is 10.7. The molecule has 32 heavy (non-hydrogen) atoms. The number of hydrogen-bond acceptors (Lipinski definition) is 3. The Labute approximate surface area is 188 Å². The maximum atomic E-state index is 14.0. The van der Waals surface area contributed by atoms with E-state index in [0.717, 1.165) is 40.3 Å². The number of anilines is 1. The van der Waals surface area contributed by atoms with Gasteiger partial charge in [0.25, 0.3) is 5.91 Å². The second kappa shape index (κ2) is 9.77. The zero-order valence-electron chi connectivity index (χ0n) is 19.5. The number of aryl methyl sites for hydroxylation is 5. The van der Waals surface area contributed by atoms with E-state index < -0.39 is 11.7 Å². The van der Waals surface area contributed by atoms with Gasteiger partial charge in [0.15, 0.2) is 0 Å². The minimum absolute atomic E-state index is 0.231. The van der Waals surface area contributed by atoms with Gasteiger partial charge in [-0.2, -0.15) is 5.10 Å². The topological polar surface area (TPSA) is 71.3 Å². The minimum atomic E-state index is -0.433. The van der Waals surface area contributed by atoms with Gasteiger partial charge in [-0.3, -0.25) is 14.8 Å². The van der Waals surface area contributed by atoms with E-state index in [1.54, 1.807) is 19.1 Å². The molecule has 168 valence electrons. The number of guanidine groups is 1. The lowest BCUT2D eigenvalue weighted by atomic mass is 10.1. The smallest absolute Gasteiger partial charge is 0.258 e. The molecular formula is C25H30FN5O. The molecule has 0 spiro atoms. The van der Waals surface area contributed by atoms with Crippen LogP contribution < -0.4 is 10.6 Å². The highest BCUT2D eigenvalue weighted by molar-refractivity contribution is 6.10. The summed E-state index contributed by atoms with van der Waals surface area (Å²) in [5.74, 6) is -0.558. The van der Waals surface area contributed by atoms with Crippen molar-refractivity contribution < 1.29 is 9.18 Å². The fourth-order valence-electron chi connectivity index (χ4n) is 3.64. The van der Waals surface area contributed by atoms with E-state index in [4.69, 9.17) is 0 Å². The largest absolute Gasteiger partial charge is 0.326 e. The van der Waals surface area contributed by atoms with E-state index in [1.807, 2.05) is 51.4 Å². The summed E-state index contributed by atoms with van der Waals surface area (Å²) in [5.41, 5.74) is 6.69. The number of carbonyl (C=O) groups is 1. The average molecular weight is 436 g/mol. The predicted molar refractivity (Wildman–Crippen MR) is 127 cm³/mol. The number of hydrogen-bond donors (Lipinski definition) is 2. The standard InChI is InChI=1S/C25H30FN5O/c1-7-31-19(6)22(18(5)30-31)14-27-25(28-21-11-15(2)10-16(3)12-21)29-24(32)20-9-8-17(4)23(26)13-20/h8-13H,7,14H2,1-6H3,(H2,27,28,29,32). The summed E-state index contributed by atoms with van der Waals surface area (Å²) < 4.78 is 15.9. The maximum absolute atomic E-state index is 14.0. The SMILES string of the molecule is CCn1nc(C)c(CN=C(NC(=O)c2ccc(C)c(F)c2)Nc2cc(C)cc(C)c2)c1C. The predicted octanol–water partition coefficient (Wildman–Crippen LogP) is 4.98. The Balaban J connectivity index is 1.91. The Morgan fingerprint density at radius 2 is 1.75 bits per heavy atom. The summed E-state index contributed by atoms with van der Waals surface area (Å²) in [4.78, 5) is 17.5. The number of carbonyl (C=O) groups excluding carboxylic acids is 1. The number of amides is 1. The van der Waals surface area contributed by atoms with Gasteiger partial charge < -0.3 is 5.32 Å². The van der Waals surface area contributed by atoms with Crippen LogP contribution in [0.25, 0.3) is 0 Å². The molecule has 3 aromatic rings. The van der Waals surface area contributed by atoms with Crippen molar-refractivity contribution in [1.82, 2.24) is 15.1 Å². The molecule has 0 atom stereocenters. The molecule has 0 aliphatic rings. The van der Waals surface area contributed by atoms with Crippen LogP contribution in [0.15, 0.2) is 41.4 Å². The van der Waals surface area contributed by atoms with Crippen molar-refractivity contribution in [2.45, 2.75) is 54.6 Å². The number of benzene rings is 2. The molecule has 0 saturated carbocycles. The molecule has 0 aliphatic carbocycles. The first-order chi connectivity index (χ1) is 15.2. The molecule has 0 radical (unpaired) electrons. The third-order valence-corrected chi connectivity index (χ3v) is 5.38. The van der Waals surface area contributed by atoms with Crippen LogP contribution in [0.5, 0.6) is 0 Å². The number of halogens is 1. The lowest BCUT2D eigenvalue weighted by Gasteiger charge is -2.13. The lowest BCUT2D eigenvalue weighted by molar-refractivity contribution is 0.0976. The van der Waals surface area contributed by atoms with Crippen molar-refractivity contribution in [3.63, 3.8) is 0 Å². The number of nitrogens with zero attached hydrogens (tertiary/aromatic N) is 3. The van der Waals surface area contributed by atoms with Crippen molar-refractivity contribution in [2.75, 3.05) is 5.32 Å². The molecule has 0 aliphatic heterocycles. The molecule has 0 fully saturated rings. The third kappa shape index (κ3) is 5.41. The highest BCUT2D eigenvalue weighted by Crippen LogP contribution is 2.16. The molecule has 1 aromatic heterocycles. The van der Waals surface area contributed by atoms with Crippen molar-refractivity contribution in [2.24, 2.45) is 4.99 Å². The Kier molecular flexibility index (Phi) is 7.08. The van der Waals surface area contributed by atoms with Gasteiger partial charge in [-0.1, -0.05) is 12.1 Å². The summed E-state index contributed by atoms with van der Waals surface area (Å²) >= 11 is 0. The number of aromatic nitrogens is 2. The van der Waals surface area contributed by atoms with E-state index in [-0.39, 0.29) is 5.56 Å². The molecule has 3 rings (SSSR count). The van der Waals surface area contributed by atoms with E-state index in [9.17, 15) is 9.18 Å². The summed E-state index contributed by atoms with van der Waals surface area (Å²) in [6, 6.07) is 10.4. The van der Waals surface area contributed by atoms with Crippen LogP contribution in [0.4, 0.5) is 10.1 Å². The first kappa shape index (κ1) is 23.2. The van der Waals surface area contributed by atoms with Crippen LogP contribution in [0, 0.1) is 40.4 Å². The van der Waals surface area contributed by atoms with Gasteiger partial charge in [-0.15, -0.1) is 0 Å². The van der Waals surface area contributed by atoms with E-state index in [0.29, 0.717) is 18.1 Å². The van der Waals surface area contributed by atoms with E-state index >= 15 is 0 Å². The molecular weight excluding hydrogens is 405 g/mol. The summed E-state index contributed by atoms with van der Waals surface area (Å²) in [5, 5.41) is 10.6. The van der Waals surface area contributed by atoms with Crippen LogP contribution in [0.3, 0.4) is 0 Å². The molecule has 1 amide bonds. The van der Waals surface area contributed by atoms with Crippen LogP contribution in [-0.4, -0.2) is 21.6 Å². The molecule has 7 heteroatoms. The van der Waals surface area contributed by atoms with Gasteiger partial charge in [-0.25, -0.2) is 9.38 Å². The Morgan fingerprint density at radius 1 is 1.06 bits per heavy atom. The quantitative estimate of drug-likeness (QED) is 0.438. The third-order valence-electron chi connectivity index (χ3n) is 5.38. The zero-order valence-corrected chi connectivity index (χ0v) is 19.5. The minimum Gasteiger partial charge on any atom is -0.326 e. The second-order valence-electron chi connectivity index (χ2n) is 8.05. The Hall–Kier alpha value is -3.48. The molecule has 1 heterocycles. The molecule has 0 saturated heterocycles. The Bertz CT molecular complexity index is 1160. The van der Waals surface area contributed by atoms with Crippen LogP contribution in [0.2, 0.25) is 0 Å². The van der Waals surface area contributed by atoms with Crippen molar-refractivity contribution in [3.8, 4) is 0 Å². The zero-order chi connectivity index (χ0) is 23.4.